The summed E-state index contributed by atoms with van der Waals surface area (Å²) in [7, 11) is 0. The number of rotatable bonds is 8. The average molecular weight is 382 g/mol. The molecular weight excluding hydrogens is 356 g/mol. The van der Waals surface area contributed by atoms with Gasteiger partial charge in [-0.2, -0.15) is 0 Å². The zero-order valence-corrected chi connectivity index (χ0v) is 16.1. The molecular formula is C22H26N2O4. The maximum absolute atomic E-state index is 12.0. The van der Waals surface area contributed by atoms with Crippen LogP contribution in [0.1, 0.15) is 42.9 Å². The number of aromatic amines is 1. The molecule has 2 aromatic rings. The molecule has 28 heavy (non-hydrogen) atoms. The molecule has 1 aromatic heterocycles. The van der Waals surface area contributed by atoms with E-state index < -0.39 is 11.2 Å². The molecule has 2 rings (SSSR count). The topological polar surface area (TPSA) is 95.3 Å². The Morgan fingerprint density at radius 2 is 1.82 bits per heavy atom. The summed E-state index contributed by atoms with van der Waals surface area (Å²) in [6, 6.07) is 7.94. The van der Waals surface area contributed by atoms with E-state index in [4.69, 9.17) is 10.2 Å². The molecule has 0 amide bonds. The van der Waals surface area contributed by atoms with E-state index in [-0.39, 0.29) is 25.3 Å². The van der Waals surface area contributed by atoms with Gasteiger partial charge in [0.15, 0.2) is 0 Å². The molecule has 0 bridgehead atoms. The lowest BCUT2D eigenvalue weighted by Gasteiger charge is -2.04. The highest BCUT2D eigenvalue weighted by molar-refractivity contribution is 5.42. The van der Waals surface area contributed by atoms with Crippen LogP contribution in [0.5, 0.6) is 0 Å². The van der Waals surface area contributed by atoms with Crippen molar-refractivity contribution >= 4 is 0 Å². The molecule has 1 heterocycles. The second kappa shape index (κ2) is 11.1. The van der Waals surface area contributed by atoms with Crippen molar-refractivity contribution in [3.63, 3.8) is 0 Å². The summed E-state index contributed by atoms with van der Waals surface area (Å²) in [4.78, 5) is 26.1. The monoisotopic (exact) mass is 382 g/mol. The number of aryl methyl sites for hydroxylation is 1. The molecule has 0 aliphatic carbocycles. The normalized spacial score (nSPS) is 10.2. The lowest BCUT2D eigenvalue weighted by atomic mass is 10.1. The van der Waals surface area contributed by atoms with Crippen LogP contribution in [0, 0.1) is 11.8 Å². The fourth-order valence-electron chi connectivity index (χ4n) is 2.61. The minimum atomic E-state index is -0.571. The maximum atomic E-state index is 12.0. The molecule has 0 atom stereocenters. The summed E-state index contributed by atoms with van der Waals surface area (Å²) in [5.74, 6) is 5.76. The van der Waals surface area contributed by atoms with Crippen molar-refractivity contribution in [2.45, 2.75) is 39.2 Å². The fraction of sp³-hybridized carbons (Fsp3) is 0.364. The van der Waals surface area contributed by atoms with E-state index in [1.807, 2.05) is 24.3 Å². The number of aromatic nitrogens is 2. The van der Waals surface area contributed by atoms with Crippen LogP contribution in [-0.4, -0.2) is 33.0 Å². The summed E-state index contributed by atoms with van der Waals surface area (Å²) in [5.41, 5.74) is 1.51. The minimum absolute atomic E-state index is 0.118. The van der Waals surface area contributed by atoms with E-state index in [0.29, 0.717) is 5.57 Å². The molecule has 0 fully saturated rings. The molecule has 1 aromatic carbocycles. The minimum Gasteiger partial charge on any atom is -0.392 e. The van der Waals surface area contributed by atoms with Crippen LogP contribution in [-0.2, 0) is 13.0 Å². The van der Waals surface area contributed by atoms with Crippen molar-refractivity contribution in [3.05, 3.63) is 79.6 Å². The van der Waals surface area contributed by atoms with E-state index in [1.54, 1.807) is 0 Å². The molecule has 0 saturated heterocycles. The summed E-state index contributed by atoms with van der Waals surface area (Å²) >= 11 is 0. The highest BCUT2D eigenvalue weighted by atomic mass is 16.3. The van der Waals surface area contributed by atoms with Gasteiger partial charge in [0.25, 0.3) is 5.56 Å². The molecule has 0 aliphatic rings. The summed E-state index contributed by atoms with van der Waals surface area (Å²) in [5, 5.41) is 18.1. The SMILES string of the molecule is CCCCCc1ccc(C#Cc2cn(CC=C(CO)CO)c(=O)[nH]c2=O)cc1. The largest absolute Gasteiger partial charge is 0.392 e. The second-order valence-electron chi connectivity index (χ2n) is 6.54. The van der Waals surface area contributed by atoms with Gasteiger partial charge in [0.1, 0.15) is 5.56 Å². The first kappa shape index (κ1) is 21.4. The Bertz CT molecular complexity index is 967. The fourth-order valence-corrected chi connectivity index (χ4v) is 2.61. The summed E-state index contributed by atoms with van der Waals surface area (Å²) < 4.78 is 1.27. The summed E-state index contributed by atoms with van der Waals surface area (Å²) in [6.45, 7) is 1.70. The van der Waals surface area contributed by atoms with Crippen LogP contribution in [0.2, 0.25) is 0 Å². The van der Waals surface area contributed by atoms with Crippen LogP contribution in [0.15, 0.2) is 51.7 Å². The van der Waals surface area contributed by atoms with E-state index in [1.165, 1.54) is 41.7 Å². The Labute approximate surface area is 164 Å². The molecule has 0 unspecified atom stereocenters. The van der Waals surface area contributed by atoms with Gasteiger partial charge in [-0.1, -0.05) is 49.8 Å². The van der Waals surface area contributed by atoms with Crippen molar-refractivity contribution in [1.29, 1.82) is 0 Å². The zero-order chi connectivity index (χ0) is 20.4. The third-order valence-electron chi connectivity index (χ3n) is 4.36. The third kappa shape index (κ3) is 6.38. The molecule has 148 valence electrons. The number of aliphatic hydroxyl groups is 2. The van der Waals surface area contributed by atoms with Crippen molar-refractivity contribution in [1.82, 2.24) is 9.55 Å². The van der Waals surface area contributed by atoms with Crippen molar-refractivity contribution in [2.75, 3.05) is 13.2 Å². The smallest absolute Gasteiger partial charge is 0.328 e. The number of hydrogen-bond donors (Lipinski definition) is 3. The number of aliphatic hydroxyl groups excluding tert-OH is 2. The first-order valence-electron chi connectivity index (χ1n) is 9.41. The molecule has 6 nitrogen and oxygen atoms in total. The molecule has 0 aliphatic heterocycles. The molecule has 0 radical (unpaired) electrons. The van der Waals surface area contributed by atoms with Crippen molar-refractivity contribution < 1.29 is 10.2 Å². The van der Waals surface area contributed by atoms with E-state index in [0.717, 1.165) is 12.0 Å². The number of nitrogens with zero attached hydrogens (tertiary/aromatic N) is 1. The van der Waals surface area contributed by atoms with E-state index in [2.05, 4.69) is 23.7 Å². The van der Waals surface area contributed by atoms with Gasteiger partial charge in [0.05, 0.1) is 13.2 Å². The Kier molecular flexibility index (Phi) is 8.47. The third-order valence-corrected chi connectivity index (χ3v) is 4.36. The van der Waals surface area contributed by atoms with Crippen molar-refractivity contribution in [2.24, 2.45) is 0 Å². The predicted octanol–water partition coefficient (Wildman–Crippen LogP) is 1.58. The number of allylic oxidation sites excluding steroid dienone is 1. The Morgan fingerprint density at radius 3 is 2.46 bits per heavy atom. The van der Waals surface area contributed by atoms with E-state index >= 15 is 0 Å². The average Bonchev–Trinajstić information content (AvgIpc) is 2.70. The van der Waals surface area contributed by atoms with Gasteiger partial charge in [-0.3, -0.25) is 14.3 Å². The van der Waals surface area contributed by atoms with Gasteiger partial charge in [0.2, 0.25) is 0 Å². The Balaban J connectivity index is 2.18. The number of hydrogen-bond acceptors (Lipinski definition) is 4. The van der Waals surface area contributed by atoms with Crippen LogP contribution in [0.4, 0.5) is 0 Å². The Hall–Kier alpha value is -2.88. The van der Waals surface area contributed by atoms with Crippen LogP contribution in [0.25, 0.3) is 0 Å². The van der Waals surface area contributed by atoms with Crippen LogP contribution < -0.4 is 11.2 Å². The molecule has 0 saturated carbocycles. The number of benzene rings is 1. The highest BCUT2D eigenvalue weighted by Crippen LogP contribution is 2.08. The van der Waals surface area contributed by atoms with Crippen LogP contribution in [0.3, 0.4) is 0 Å². The zero-order valence-electron chi connectivity index (χ0n) is 16.1. The van der Waals surface area contributed by atoms with Gasteiger partial charge in [-0.25, -0.2) is 4.79 Å². The number of nitrogens with one attached hydrogen (secondary N) is 1. The molecule has 0 spiro atoms. The van der Waals surface area contributed by atoms with Gasteiger partial charge < -0.3 is 10.2 Å². The van der Waals surface area contributed by atoms with Gasteiger partial charge in [-0.05, 0) is 36.1 Å². The van der Waals surface area contributed by atoms with Gasteiger partial charge in [0, 0.05) is 18.3 Å². The van der Waals surface area contributed by atoms with Crippen molar-refractivity contribution in [3.8, 4) is 11.8 Å². The van der Waals surface area contributed by atoms with Gasteiger partial charge >= 0.3 is 5.69 Å². The summed E-state index contributed by atoms with van der Waals surface area (Å²) in [6.07, 6.45) is 7.54. The Morgan fingerprint density at radius 1 is 1.11 bits per heavy atom. The standard InChI is InChI=1S/C22H26N2O4/c1-2-3-4-5-17-6-8-18(9-7-17)10-11-20-14-24(22(28)23-21(20)27)13-12-19(15-25)16-26/h6-9,12,14,25-26H,2-5,13,15-16H2,1H3,(H,23,27,28). The maximum Gasteiger partial charge on any atom is 0.328 e. The lowest BCUT2D eigenvalue weighted by molar-refractivity contribution is 0.275. The number of unbranched alkanes of at least 4 members (excludes halogenated alkanes) is 2. The lowest BCUT2D eigenvalue weighted by Crippen LogP contribution is -2.30. The first-order chi connectivity index (χ1) is 13.6. The predicted molar refractivity (Wildman–Crippen MR) is 109 cm³/mol. The molecule has 3 N–H and O–H groups in total. The second-order valence-corrected chi connectivity index (χ2v) is 6.54. The van der Waals surface area contributed by atoms with E-state index in [9.17, 15) is 9.59 Å². The first-order valence-corrected chi connectivity index (χ1v) is 9.41. The quantitative estimate of drug-likeness (QED) is 0.367. The van der Waals surface area contributed by atoms with Gasteiger partial charge in [-0.15, -0.1) is 0 Å². The van der Waals surface area contributed by atoms with Crippen LogP contribution >= 0.6 is 0 Å². The number of H-pyrrole nitrogens is 1. The molecule has 6 heteroatoms. The highest BCUT2D eigenvalue weighted by Gasteiger charge is 2.02.